The van der Waals surface area contributed by atoms with Crippen LogP contribution in [0.5, 0.6) is 0 Å². The van der Waals surface area contributed by atoms with Crippen molar-refractivity contribution in [2.24, 2.45) is 5.92 Å². The van der Waals surface area contributed by atoms with Gasteiger partial charge >= 0.3 is 0 Å². The third-order valence-electron chi connectivity index (χ3n) is 4.96. The average molecular weight is 328 g/mol. The molecule has 1 amide bonds. The Morgan fingerprint density at radius 2 is 1.96 bits per heavy atom. The minimum atomic E-state index is -0.125. The van der Waals surface area contributed by atoms with Crippen molar-refractivity contribution in [2.75, 3.05) is 25.5 Å². The van der Waals surface area contributed by atoms with E-state index in [1.54, 1.807) is 12.4 Å². The van der Waals surface area contributed by atoms with Crippen LogP contribution in [0.2, 0.25) is 0 Å². The molecule has 0 bridgehead atoms. The summed E-state index contributed by atoms with van der Waals surface area (Å²) < 4.78 is 3.85. The summed E-state index contributed by atoms with van der Waals surface area (Å²) in [6.45, 7) is 3.10. The van der Waals surface area contributed by atoms with E-state index in [4.69, 9.17) is 0 Å². The highest BCUT2D eigenvalue weighted by molar-refractivity contribution is 6.03. The van der Waals surface area contributed by atoms with E-state index < -0.39 is 0 Å². The Hall–Kier alpha value is -2.15. The first kappa shape index (κ1) is 15.4. The Morgan fingerprint density at radius 1 is 1.17 bits per heavy atom. The zero-order valence-corrected chi connectivity index (χ0v) is 14.1. The molecule has 7 nitrogen and oxygen atoms in total. The van der Waals surface area contributed by atoms with Gasteiger partial charge in [-0.3, -0.25) is 14.2 Å². The van der Waals surface area contributed by atoms with Gasteiger partial charge in [-0.15, -0.1) is 0 Å². The Morgan fingerprint density at radius 3 is 2.71 bits per heavy atom. The first-order valence-corrected chi connectivity index (χ1v) is 8.74. The fourth-order valence-corrected chi connectivity index (χ4v) is 3.21. The number of likely N-dealkylation sites (tertiary alicyclic amines) is 1. The molecule has 128 valence electrons. The monoisotopic (exact) mass is 328 g/mol. The predicted octanol–water partition coefficient (Wildman–Crippen LogP) is 2.01. The van der Waals surface area contributed by atoms with Crippen LogP contribution in [0.4, 0.5) is 5.69 Å². The molecule has 0 atom stereocenters. The van der Waals surface area contributed by atoms with E-state index in [2.05, 4.69) is 27.5 Å². The molecule has 2 fully saturated rings. The summed E-state index contributed by atoms with van der Waals surface area (Å²) in [4.78, 5) is 14.7. The van der Waals surface area contributed by atoms with Gasteiger partial charge < -0.3 is 10.2 Å². The molecule has 2 aliphatic rings. The minimum Gasteiger partial charge on any atom is -0.319 e. The maximum absolute atomic E-state index is 12.3. The Kier molecular flexibility index (Phi) is 4.10. The van der Waals surface area contributed by atoms with Crippen LogP contribution in [0.3, 0.4) is 0 Å². The van der Waals surface area contributed by atoms with Crippen LogP contribution in [-0.4, -0.2) is 50.5 Å². The number of hydrogen-bond acceptors (Lipinski definition) is 4. The van der Waals surface area contributed by atoms with Crippen LogP contribution in [0.25, 0.3) is 0 Å². The molecule has 24 heavy (non-hydrogen) atoms. The predicted molar refractivity (Wildman–Crippen MR) is 90.9 cm³/mol. The molecular formula is C17H24N6O. The van der Waals surface area contributed by atoms with Gasteiger partial charge in [0.1, 0.15) is 0 Å². The van der Waals surface area contributed by atoms with Crippen molar-refractivity contribution in [1.82, 2.24) is 24.5 Å². The normalized spacial score (nSPS) is 19.5. The number of carbonyl (C=O) groups excluding carboxylic acids is 1. The smallest absolute Gasteiger partial charge is 0.258 e. The highest BCUT2D eigenvalue weighted by atomic mass is 16.1. The molecule has 1 aliphatic carbocycles. The van der Waals surface area contributed by atoms with Crippen molar-refractivity contribution >= 4 is 11.6 Å². The van der Waals surface area contributed by atoms with Crippen LogP contribution in [-0.2, 0) is 6.54 Å². The fourth-order valence-electron chi connectivity index (χ4n) is 3.21. The lowest BCUT2D eigenvalue weighted by Crippen LogP contribution is -2.31. The Labute approximate surface area is 141 Å². The highest BCUT2D eigenvalue weighted by Gasteiger charge is 2.23. The molecule has 0 spiro atoms. The van der Waals surface area contributed by atoms with Crippen molar-refractivity contribution in [2.45, 2.75) is 38.3 Å². The standard InChI is InChI=1S/C17H24N6O/c1-21-6-4-16(5-7-21)23-12-15(9-19-23)20-17(24)14-8-18-22(11-14)10-13-2-3-13/h8-9,11-13,16H,2-7,10H2,1H3,(H,20,24). The number of anilines is 1. The van der Waals surface area contributed by atoms with E-state index in [-0.39, 0.29) is 5.91 Å². The lowest BCUT2D eigenvalue weighted by Gasteiger charge is -2.28. The Balaban J connectivity index is 1.36. The van der Waals surface area contributed by atoms with Gasteiger partial charge in [0, 0.05) is 18.9 Å². The number of nitrogens with zero attached hydrogens (tertiary/aromatic N) is 5. The maximum Gasteiger partial charge on any atom is 0.258 e. The van der Waals surface area contributed by atoms with E-state index in [1.165, 1.54) is 12.8 Å². The Bertz CT molecular complexity index is 708. The number of hydrogen-bond donors (Lipinski definition) is 1. The summed E-state index contributed by atoms with van der Waals surface area (Å²) in [7, 11) is 2.15. The first-order valence-electron chi connectivity index (χ1n) is 8.74. The van der Waals surface area contributed by atoms with Crippen molar-refractivity contribution < 1.29 is 4.79 Å². The molecular weight excluding hydrogens is 304 g/mol. The second-order valence-corrected chi connectivity index (χ2v) is 7.09. The van der Waals surface area contributed by atoms with E-state index in [0.717, 1.165) is 44.1 Å². The lowest BCUT2D eigenvalue weighted by molar-refractivity contribution is 0.102. The molecule has 2 aromatic heterocycles. The fraction of sp³-hybridized carbons (Fsp3) is 0.588. The summed E-state index contributed by atoms with van der Waals surface area (Å²) in [6.07, 6.45) is 11.9. The molecule has 7 heteroatoms. The highest BCUT2D eigenvalue weighted by Crippen LogP contribution is 2.30. The zero-order valence-electron chi connectivity index (χ0n) is 14.1. The summed E-state index contributed by atoms with van der Waals surface area (Å²) in [5, 5.41) is 11.6. The number of carbonyl (C=O) groups is 1. The quantitative estimate of drug-likeness (QED) is 0.912. The first-order chi connectivity index (χ1) is 11.7. The zero-order chi connectivity index (χ0) is 16.5. The van der Waals surface area contributed by atoms with Crippen molar-refractivity contribution in [3.05, 3.63) is 30.4 Å². The van der Waals surface area contributed by atoms with Crippen molar-refractivity contribution in [3.63, 3.8) is 0 Å². The maximum atomic E-state index is 12.3. The molecule has 2 aromatic rings. The minimum absolute atomic E-state index is 0.125. The van der Waals surface area contributed by atoms with Gasteiger partial charge in [-0.25, -0.2) is 0 Å². The van der Waals surface area contributed by atoms with Crippen LogP contribution in [0.1, 0.15) is 42.1 Å². The molecule has 4 rings (SSSR count). The van der Waals surface area contributed by atoms with Crippen LogP contribution in [0, 0.1) is 5.92 Å². The van der Waals surface area contributed by atoms with Gasteiger partial charge in [0.25, 0.3) is 5.91 Å². The molecule has 1 aliphatic heterocycles. The molecule has 1 saturated carbocycles. The SMILES string of the molecule is CN1CCC(n2cc(NC(=O)c3cnn(CC4CC4)c3)cn2)CC1. The van der Waals surface area contributed by atoms with Crippen LogP contribution in [0.15, 0.2) is 24.8 Å². The number of amides is 1. The van der Waals surface area contributed by atoms with Crippen LogP contribution < -0.4 is 5.32 Å². The topological polar surface area (TPSA) is 68.0 Å². The van der Waals surface area contributed by atoms with Gasteiger partial charge in [-0.1, -0.05) is 0 Å². The van der Waals surface area contributed by atoms with Gasteiger partial charge in [0.05, 0.1) is 29.7 Å². The second-order valence-electron chi connectivity index (χ2n) is 7.09. The van der Waals surface area contributed by atoms with Crippen LogP contribution >= 0.6 is 0 Å². The number of nitrogens with one attached hydrogen (secondary N) is 1. The summed E-state index contributed by atoms with van der Waals surface area (Å²) in [5.41, 5.74) is 1.34. The molecule has 0 radical (unpaired) electrons. The van der Waals surface area contributed by atoms with E-state index >= 15 is 0 Å². The largest absolute Gasteiger partial charge is 0.319 e. The summed E-state index contributed by atoms with van der Waals surface area (Å²) >= 11 is 0. The van der Waals surface area contributed by atoms with E-state index in [0.29, 0.717) is 11.6 Å². The summed E-state index contributed by atoms with van der Waals surface area (Å²) in [6, 6.07) is 0.424. The second kappa shape index (κ2) is 6.39. The van der Waals surface area contributed by atoms with Crippen molar-refractivity contribution in [1.29, 1.82) is 0 Å². The lowest BCUT2D eigenvalue weighted by atomic mass is 10.1. The summed E-state index contributed by atoms with van der Waals surface area (Å²) in [5.74, 6) is 0.619. The number of rotatable bonds is 5. The van der Waals surface area contributed by atoms with E-state index in [9.17, 15) is 4.79 Å². The molecule has 0 aromatic carbocycles. The molecule has 0 unspecified atom stereocenters. The number of piperidine rings is 1. The van der Waals surface area contributed by atoms with Gasteiger partial charge in [-0.05, 0) is 51.7 Å². The number of aromatic nitrogens is 4. The third-order valence-corrected chi connectivity index (χ3v) is 4.96. The molecule has 1 N–H and O–H groups in total. The average Bonchev–Trinajstić information content (AvgIpc) is 3.07. The molecule has 1 saturated heterocycles. The van der Waals surface area contributed by atoms with Gasteiger partial charge in [0.15, 0.2) is 0 Å². The molecule has 3 heterocycles. The van der Waals surface area contributed by atoms with Gasteiger partial charge in [-0.2, -0.15) is 10.2 Å². The van der Waals surface area contributed by atoms with E-state index in [1.807, 2.05) is 21.8 Å². The third kappa shape index (κ3) is 3.51. The van der Waals surface area contributed by atoms with Crippen molar-refractivity contribution in [3.8, 4) is 0 Å². The van der Waals surface area contributed by atoms with Gasteiger partial charge in [0.2, 0.25) is 0 Å².